The lowest BCUT2D eigenvalue weighted by molar-refractivity contribution is 0.264. The van der Waals surface area contributed by atoms with Gasteiger partial charge in [0.1, 0.15) is 11.6 Å². The zero-order valence-electron chi connectivity index (χ0n) is 17.5. The number of benzene rings is 2. The zero-order chi connectivity index (χ0) is 21.2. The van der Waals surface area contributed by atoms with Crippen molar-refractivity contribution in [2.24, 2.45) is 15.9 Å². The maximum atomic E-state index is 10.3. The molecule has 0 amide bonds. The summed E-state index contributed by atoms with van der Waals surface area (Å²) in [4.78, 5) is 4.81. The highest BCUT2D eigenvalue weighted by molar-refractivity contribution is 5.86. The van der Waals surface area contributed by atoms with Crippen LogP contribution in [0, 0.1) is 0 Å². The second-order valence-corrected chi connectivity index (χ2v) is 7.58. The van der Waals surface area contributed by atoms with Crippen molar-refractivity contribution in [3.05, 3.63) is 77.9 Å². The summed E-state index contributed by atoms with van der Waals surface area (Å²) in [5.74, 6) is 0.686. The van der Waals surface area contributed by atoms with Crippen LogP contribution in [-0.2, 0) is 13.0 Å². The van der Waals surface area contributed by atoms with Gasteiger partial charge in [0, 0.05) is 25.2 Å². The van der Waals surface area contributed by atoms with Crippen molar-refractivity contribution in [2.75, 3.05) is 32.7 Å². The summed E-state index contributed by atoms with van der Waals surface area (Å²) in [5, 5.41) is 18.5. The first-order valence-electron chi connectivity index (χ1n) is 10.4. The number of para-hydroxylation sites is 1. The minimum absolute atomic E-state index is 0.209. The van der Waals surface area contributed by atoms with Gasteiger partial charge in [-0.05, 0) is 43.1 Å². The summed E-state index contributed by atoms with van der Waals surface area (Å²) in [6.45, 7) is 9.33. The molecule has 0 aliphatic carbocycles. The average Bonchev–Trinajstić information content (AvgIpc) is 2.96. The number of nitrogens with zero attached hydrogens (tertiary/aromatic N) is 4. The van der Waals surface area contributed by atoms with E-state index in [1.54, 1.807) is 18.4 Å². The molecule has 0 spiro atoms. The third-order valence-electron chi connectivity index (χ3n) is 5.21. The van der Waals surface area contributed by atoms with Crippen LogP contribution in [0.25, 0.3) is 0 Å². The molecule has 3 N–H and O–H groups in total. The molecule has 6 heteroatoms. The molecule has 0 atom stereocenters. The van der Waals surface area contributed by atoms with Crippen molar-refractivity contribution in [1.29, 1.82) is 0 Å². The third kappa shape index (κ3) is 6.54. The molecular formula is C24H31N5O. The highest BCUT2D eigenvalue weighted by Gasteiger charge is 2.15. The molecule has 0 saturated carbocycles. The van der Waals surface area contributed by atoms with Crippen LogP contribution in [-0.4, -0.2) is 59.7 Å². The topological polar surface area (TPSA) is 77.5 Å². The lowest BCUT2D eigenvalue weighted by Gasteiger charge is -2.21. The van der Waals surface area contributed by atoms with Crippen LogP contribution in [0.3, 0.4) is 0 Å². The van der Waals surface area contributed by atoms with E-state index in [0.29, 0.717) is 24.4 Å². The second-order valence-electron chi connectivity index (χ2n) is 7.58. The SMILES string of the molecule is C=CCc1cccc(/C=N/N=C(\N)CN2CCCN(Cc3ccccc3)CC2)c1O. The maximum Gasteiger partial charge on any atom is 0.136 e. The molecule has 2 aromatic carbocycles. The third-order valence-corrected chi connectivity index (χ3v) is 5.21. The van der Waals surface area contributed by atoms with E-state index in [-0.39, 0.29) is 5.75 Å². The molecule has 1 saturated heterocycles. The molecule has 6 nitrogen and oxygen atoms in total. The highest BCUT2D eigenvalue weighted by Crippen LogP contribution is 2.21. The van der Waals surface area contributed by atoms with Gasteiger partial charge in [-0.2, -0.15) is 5.10 Å². The Morgan fingerprint density at radius 3 is 2.60 bits per heavy atom. The van der Waals surface area contributed by atoms with Crippen LogP contribution >= 0.6 is 0 Å². The van der Waals surface area contributed by atoms with E-state index in [1.165, 1.54) is 5.56 Å². The van der Waals surface area contributed by atoms with Crippen molar-refractivity contribution >= 4 is 12.1 Å². The van der Waals surface area contributed by atoms with E-state index in [9.17, 15) is 5.11 Å². The first-order valence-corrected chi connectivity index (χ1v) is 10.4. The molecule has 3 rings (SSSR count). The number of aromatic hydroxyl groups is 1. The van der Waals surface area contributed by atoms with Gasteiger partial charge in [0.05, 0.1) is 12.8 Å². The van der Waals surface area contributed by atoms with Gasteiger partial charge < -0.3 is 10.8 Å². The second kappa shape index (κ2) is 11.3. The van der Waals surface area contributed by atoms with Crippen molar-refractivity contribution in [1.82, 2.24) is 9.80 Å². The fraction of sp³-hybridized carbons (Fsp3) is 0.333. The van der Waals surface area contributed by atoms with Crippen molar-refractivity contribution in [3.63, 3.8) is 0 Å². The Morgan fingerprint density at radius 1 is 1.03 bits per heavy atom. The predicted octanol–water partition coefficient (Wildman–Crippen LogP) is 3.02. The number of phenolic OH excluding ortho intramolecular Hbond substituents is 1. The first-order chi connectivity index (χ1) is 14.7. The standard InChI is InChI=1S/C24H31N5O/c1-2-8-21-11-6-12-22(24(21)30)17-26-27-23(25)19-29-14-7-13-28(15-16-29)18-20-9-4-3-5-10-20/h2-6,9-12,17,30H,1,7-8,13-16,18-19H2,(H2,25,27)/b26-17+. The Kier molecular flexibility index (Phi) is 8.18. The molecule has 0 unspecified atom stereocenters. The Labute approximate surface area is 179 Å². The fourth-order valence-corrected chi connectivity index (χ4v) is 3.64. The number of hydrogen-bond donors (Lipinski definition) is 2. The minimum atomic E-state index is 0.209. The van der Waals surface area contributed by atoms with E-state index >= 15 is 0 Å². The molecule has 1 aliphatic rings. The Balaban J connectivity index is 1.51. The van der Waals surface area contributed by atoms with Gasteiger partial charge in [0.2, 0.25) is 0 Å². The van der Waals surface area contributed by atoms with Crippen LogP contribution in [0.1, 0.15) is 23.1 Å². The van der Waals surface area contributed by atoms with Crippen molar-refractivity contribution in [3.8, 4) is 5.75 Å². The number of allylic oxidation sites excluding steroid dienone is 1. The van der Waals surface area contributed by atoms with Gasteiger partial charge in [-0.3, -0.25) is 9.80 Å². The molecule has 1 aliphatic heterocycles. The smallest absolute Gasteiger partial charge is 0.136 e. The summed E-state index contributed by atoms with van der Waals surface area (Å²) in [7, 11) is 0. The largest absolute Gasteiger partial charge is 0.507 e. The van der Waals surface area contributed by atoms with Gasteiger partial charge in [-0.25, -0.2) is 0 Å². The molecule has 0 radical (unpaired) electrons. The Bertz CT molecular complexity index is 878. The van der Waals surface area contributed by atoms with Gasteiger partial charge in [0.15, 0.2) is 0 Å². The molecule has 0 aromatic heterocycles. The van der Waals surface area contributed by atoms with Gasteiger partial charge >= 0.3 is 0 Å². The van der Waals surface area contributed by atoms with E-state index in [2.05, 4.69) is 56.9 Å². The number of amidine groups is 1. The highest BCUT2D eigenvalue weighted by atomic mass is 16.3. The van der Waals surface area contributed by atoms with E-state index in [1.807, 2.05) is 12.1 Å². The maximum absolute atomic E-state index is 10.3. The summed E-state index contributed by atoms with van der Waals surface area (Å²) in [6.07, 6.45) is 5.01. The van der Waals surface area contributed by atoms with Crippen LogP contribution in [0.4, 0.5) is 0 Å². The lowest BCUT2D eigenvalue weighted by atomic mass is 10.1. The number of hydrogen-bond acceptors (Lipinski definition) is 5. The van der Waals surface area contributed by atoms with E-state index in [4.69, 9.17) is 5.73 Å². The van der Waals surface area contributed by atoms with Gasteiger partial charge in [0.25, 0.3) is 0 Å². The van der Waals surface area contributed by atoms with Gasteiger partial charge in [-0.1, -0.05) is 48.5 Å². The van der Waals surface area contributed by atoms with Crippen LogP contribution in [0.5, 0.6) is 5.75 Å². The van der Waals surface area contributed by atoms with Gasteiger partial charge in [-0.15, -0.1) is 11.7 Å². The molecule has 1 heterocycles. The molecule has 0 bridgehead atoms. The van der Waals surface area contributed by atoms with E-state index in [0.717, 1.165) is 44.7 Å². The fourth-order valence-electron chi connectivity index (χ4n) is 3.64. The number of rotatable bonds is 8. The van der Waals surface area contributed by atoms with Crippen molar-refractivity contribution < 1.29 is 5.11 Å². The summed E-state index contributed by atoms with van der Waals surface area (Å²) in [6, 6.07) is 16.1. The Hall–Kier alpha value is -2.96. The average molecular weight is 406 g/mol. The predicted molar refractivity (Wildman–Crippen MR) is 124 cm³/mol. The van der Waals surface area contributed by atoms with Crippen LogP contribution in [0.15, 0.2) is 71.4 Å². The summed E-state index contributed by atoms with van der Waals surface area (Å²) < 4.78 is 0. The Morgan fingerprint density at radius 2 is 1.80 bits per heavy atom. The molecule has 2 aromatic rings. The molecule has 1 fully saturated rings. The van der Waals surface area contributed by atoms with Crippen molar-refractivity contribution in [2.45, 2.75) is 19.4 Å². The normalized spacial score (nSPS) is 16.6. The van der Waals surface area contributed by atoms with Crippen LogP contribution < -0.4 is 5.73 Å². The molecule has 30 heavy (non-hydrogen) atoms. The molecule has 158 valence electrons. The monoisotopic (exact) mass is 405 g/mol. The minimum Gasteiger partial charge on any atom is -0.507 e. The zero-order valence-corrected chi connectivity index (χ0v) is 17.5. The first kappa shape index (κ1) is 21.7. The van der Waals surface area contributed by atoms with E-state index < -0.39 is 0 Å². The number of nitrogens with two attached hydrogens (primary N) is 1. The van der Waals surface area contributed by atoms with Crippen LogP contribution in [0.2, 0.25) is 0 Å². The molecular weight excluding hydrogens is 374 g/mol. The lowest BCUT2D eigenvalue weighted by Crippen LogP contribution is -2.36. The quantitative estimate of drug-likeness (QED) is 0.306. The number of phenols is 1. The summed E-state index contributed by atoms with van der Waals surface area (Å²) in [5.41, 5.74) is 8.89. The summed E-state index contributed by atoms with van der Waals surface area (Å²) >= 11 is 0.